The summed E-state index contributed by atoms with van der Waals surface area (Å²) in [6, 6.07) is 5.77. The molecule has 6 nitrogen and oxygen atoms in total. The number of anilines is 1. The number of nitrogens with one attached hydrogen (secondary N) is 1. The van der Waals surface area contributed by atoms with Gasteiger partial charge in [-0.05, 0) is 28.1 Å². The molecule has 0 aliphatic carbocycles. The van der Waals surface area contributed by atoms with Crippen molar-refractivity contribution in [2.24, 2.45) is 0 Å². The molecule has 0 radical (unpaired) electrons. The Morgan fingerprint density at radius 2 is 2.25 bits per heavy atom. The van der Waals surface area contributed by atoms with Crippen molar-refractivity contribution in [2.45, 2.75) is 13.0 Å². The predicted molar refractivity (Wildman–Crippen MR) is 79.7 cm³/mol. The second-order valence-electron chi connectivity index (χ2n) is 4.12. The fraction of sp³-hybridized carbons (Fsp3) is 0.308. The summed E-state index contributed by atoms with van der Waals surface area (Å²) in [5.41, 5.74) is 1.36. The molecule has 0 bridgehead atoms. The Balaban J connectivity index is 2.00. The van der Waals surface area contributed by atoms with E-state index in [0.717, 1.165) is 12.1 Å². The number of nitrogens with zero attached hydrogens (tertiary/aromatic N) is 3. The molecule has 0 spiro atoms. The van der Waals surface area contributed by atoms with Gasteiger partial charge in [-0.1, -0.05) is 6.07 Å². The van der Waals surface area contributed by atoms with Crippen molar-refractivity contribution in [2.75, 3.05) is 18.5 Å². The molecule has 0 aliphatic rings. The number of aliphatic hydroxyl groups excluding tert-OH is 1. The molecule has 0 amide bonds. The Labute approximate surface area is 124 Å². The number of aromatic nitrogens is 3. The molecule has 20 heavy (non-hydrogen) atoms. The van der Waals surface area contributed by atoms with E-state index in [1.807, 2.05) is 18.2 Å². The van der Waals surface area contributed by atoms with Gasteiger partial charge in [0.2, 0.25) is 0 Å². The van der Waals surface area contributed by atoms with Crippen molar-refractivity contribution in [1.82, 2.24) is 14.8 Å². The first-order chi connectivity index (χ1) is 9.72. The van der Waals surface area contributed by atoms with E-state index in [4.69, 9.17) is 5.11 Å². The van der Waals surface area contributed by atoms with Crippen molar-refractivity contribution in [3.05, 3.63) is 51.1 Å². The van der Waals surface area contributed by atoms with E-state index in [2.05, 4.69) is 31.3 Å². The topological polar surface area (TPSA) is 80.0 Å². The van der Waals surface area contributed by atoms with Crippen molar-refractivity contribution >= 4 is 21.6 Å². The summed E-state index contributed by atoms with van der Waals surface area (Å²) in [5, 5.41) is 16.0. The second-order valence-corrected chi connectivity index (χ2v) is 4.91. The molecule has 0 aromatic carbocycles. The highest BCUT2D eigenvalue weighted by atomic mass is 79.9. The lowest BCUT2D eigenvalue weighted by atomic mass is 10.2. The predicted octanol–water partition coefficient (Wildman–Crippen LogP) is 1.05. The number of halogens is 1. The lowest BCUT2D eigenvalue weighted by Crippen LogP contribution is -2.26. The zero-order chi connectivity index (χ0) is 14.4. The highest BCUT2D eigenvalue weighted by molar-refractivity contribution is 9.10. The monoisotopic (exact) mass is 338 g/mol. The zero-order valence-corrected chi connectivity index (χ0v) is 12.4. The maximum Gasteiger partial charge on any atom is 0.283 e. The molecule has 2 rings (SSSR count). The minimum Gasteiger partial charge on any atom is -0.394 e. The maximum absolute atomic E-state index is 11.9. The van der Waals surface area contributed by atoms with Crippen LogP contribution in [0, 0.1) is 0 Å². The van der Waals surface area contributed by atoms with Gasteiger partial charge in [-0.2, -0.15) is 5.10 Å². The third-order valence-electron chi connectivity index (χ3n) is 2.72. The lowest BCUT2D eigenvalue weighted by Gasteiger charge is -2.09. The minimum absolute atomic E-state index is 0.119. The molecule has 2 heterocycles. The Morgan fingerprint density at radius 3 is 2.95 bits per heavy atom. The molecule has 2 aromatic rings. The molecule has 0 atom stereocenters. The van der Waals surface area contributed by atoms with Gasteiger partial charge in [0.25, 0.3) is 5.56 Å². The molecule has 0 saturated carbocycles. The SMILES string of the molecule is O=c1c(Br)c(NCCc2ccccn2)cnn1CCO. The number of aliphatic hydroxyl groups is 1. The van der Waals surface area contributed by atoms with E-state index < -0.39 is 0 Å². The van der Waals surface area contributed by atoms with Gasteiger partial charge >= 0.3 is 0 Å². The molecule has 106 valence electrons. The van der Waals surface area contributed by atoms with E-state index in [0.29, 0.717) is 16.7 Å². The minimum atomic E-state index is -0.262. The number of rotatable bonds is 6. The normalized spacial score (nSPS) is 10.5. The van der Waals surface area contributed by atoms with Gasteiger partial charge in [0.15, 0.2) is 0 Å². The average molecular weight is 339 g/mol. The van der Waals surface area contributed by atoms with Crippen molar-refractivity contribution in [1.29, 1.82) is 0 Å². The number of pyridine rings is 1. The van der Waals surface area contributed by atoms with Gasteiger partial charge in [0.05, 0.1) is 25.0 Å². The molecule has 0 aliphatic heterocycles. The summed E-state index contributed by atoms with van der Waals surface area (Å²) in [6.45, 7) is 0.720. The third kappa shape index (κ3) is 3.64. The molecule has 0 unspecified atom stereocenters. The summed E-state index contributed by atoms with van der Waals surface area (Å²) in [7, 11) is 0. The molecule has 0 saturated heterocycles. The van der Waals surface area contributed by atoms with Crippen LogP contribution < -0.4 is 10.9 Å². The smallest absolute Gasteiger partial charge is 0.283 e. The lowest BCUT2D eigenvalue weighted by molar-refractivity contribution is 0.266. The fourth-order valence-electron chi connectivity index (χ4n) is 1.71. The van der Waals surface area contributed by atoms with Gasteiger partial charge in [0.1, 0.15) is 4.47 Å². The van der Waals surface area contributed by atoms with Crippen LogP contribution in [0.25, 0.3) is 0 Å². The van der Waals surface area contributed by atoms with Crippen LogP contribution in [0.3, 0.4) is 0 Å². The van der Waals surface area contributed by atoms with E-state index in [1.165, 1.54) is 4.68 Å². The first-order valence-corrected chi connectivity index (χ1v) is 7.02. The fourth-order valence-corrected chi connectivity index (χ4v) is 2.16. The standard InChI is InChI=1S/C13H15BrN4O2/c14-12-11(9-17-18(7-8-19)13(12)20)16-6-4-10-3-1-2-5-15-10/h1-3,5,9,16,19H,4,6-8H2. The van der Waals surface area contributed by atoms with E-state index >= 15 is 0 Å². The summed E-state index contributed by atoms with van der Waals surface area (Å²) < 4.78 is 1.63. The number of hydrogen-bond donors (Lipinski definition) is 2. The van der Waals surface area contributed by atoms with Crippen molar-refractivity contribution < 1.29 is 5.11 Å². The van der Waals surface area contributed by atoms with E-state index in [-0.39, 0.29) is 18.7 Å². The summed E-state index contributed by atoms with van der Waals surface area (Å²) in [4.78, 5) is 16.1. The van der Waals surface area contributed by atoms with Crippen LogP contribution in [0.1, 0.15) is 5.69 Å². The summed E-state index contributed by atoms with van der Waals surface area (Å²) >= 11 is 3.25. The Hall–Kier alpha value is -1.73. The van der Waals surface area contributed by atoms with Gasteiger partial charge in [-0.3, -0.25) is 9.78 Å². The van der Waals surface area contributed by atoms with E-state index in [1.54, 1.807) is 12.4 Å². The molecule has 7 heteroatoms. The quantitative estimate of drug-likeness (QED) is 0.822. The molecule has 0 fully saturated rings. The van der Waals surface area contributed by atoms with Crippen LogP contribution in [0.4, 0.5) is 5.69 Å². The molecule has 2 aromatic heterocycles. The van der Waals surface area contributed by atoms with Crippen molar-refractivity contribution in [3.63, 3.8) is 0 Å². The van der Waals surface area contributed by atoms with Crippen LogP contribution in [0.15, 0.2) is 39.9 Å². The summed E-state index contributed by atoms with van der Waals surface area (Å²) in [6.07, 6.45) is 4.08. The van der Waals surface area contributed by atoms with Crippen LogP contribution in [0.5, 0.6) is 0 Å². The summed E-state index contributed by atoms with van der Waals surface area (Å²) in [5.74, 6) is 0. The van der Waals surface area contributed by atoms with Crippen molar-refractivity contribution in [3.8, 4) is 0 Å². The highest BCUT2D eigenvalue weighted by Crippen LogP contribution is 2.15. The Morgan fingerprint density at radius 1 is 1.40 bits per heavy atom. The number of hydrogen-bond acceptors (Lipinski definition) is 5. The Bertz CT molecular complexity index is 616. The van der Waals surface area contributed by atoms with Gasteiger partial charge in [0, 0.05) is 24.9 Å². The molecular formula is C13H15BrN4O2. The van der Waals surface area contributed by atoms with E-state index in [9.17, 15) is 4.79 Å². The van der Waals surface area contributed by atoms with Crippen LogP contribution >= 0.6 is 15.9 Å². The average Bonchev–Trinajstić information content (AvgIpc) is 2.48. The van der Waals surface area contributed by atoms with Gasteiger partial charge < -0.3 is 10.4 Å². The first-order valence-electron chi connectivity index (χ1n) is 6.22. The highest BCUT2D eigenvalue weighted by Gasteiger charge is 2.08. The maximum atomic E-state index is 11.9. The van der Waals surface area contributed by atoms with Crippen LogP contribution in [0.2, 0.25) is 0 Å². The third-order valence-corrected chi connectivity index (χ3v) is 3.49. The largest absolute Gasteiger partial charge is 0.394 e. The van der Waals surface area contributed by atoms with Gasteiger partial charge in [-0.15, -0.1) is 0 Å². The van der Waals surface area contributed by atoms with Crippen LogP contribution in [-0.4, -0.2) is 33.0 Å². The van der Waals surface area contributed by atoms with Crippen LogP contribution in [-0.2, 0) is 13.0 Å². The Kier molecular flexibility index (Phi) is 5.25. The zero-order valence-electron chi connectivity index (χ0n) is 10.8. The van der Waals surface area contributed by atoms with Gasteiger partial charge in [-0.25, -0.2) is 4.68 Å². The molecule has 2 N–H and O–H groups in total. The first kappa shape index (κ1) is 14.7. The second kappa shape index (κ2) is 7.16. The molecular weight excluding hydrogens is 324 g/mol.